The topological polar surface area (TPSA) is 78.5 Å². The van der Waals surface area contributed by atoms with Gasteiger partial charge < -0.3 is 10.6 Å². The minimum Gasteiger partial charge on any atom is -0.350 e. The minimum absolute atomic E-state index is 0.158. The van der Waals surface area contributed by atoms with Crippen LogP contribution in [0.3, 0.4) is 0 Å². The lowest BCUT2D eigenvalue weighted by molar-refractivity contribution is -0.137. The first-order valence-corrected chi connectivity index (χ1v) is 10.8. The van der Waals surface area contributed by atoms with E-state index < -0.39 is 11.8 Å². The summed E-state index contributed by atoms with van der Waals surface area (Å²) in [6.07, 6.45) is 0. The summed E-state index contributed by atoms with van der Waals surface area (Å²) in [5.74, 6) is -0.996. The average Bonchev–Trinajstić information content (AvgIpc) is 3.01. The van der Waals surface area contributed by atoms with Crippen LogP contribution >= 0.6 is 11.6 Å². The summed E-state index contributed by atoms with van der Waals surface area (Å²) >= 11 is 6.16. The van der Waals surface area contributed by atoms with Gasteiger partial charge in [0.25, 0.3) is 11.8 Å². The second-order valence-electron chi connectivity index (χ2n) is 7.77. The fourth-order valence-corrected chi connectivity index (χ4v) is 3.83. The molecule has 0 saturated heterocycles. The van der Waals surface area contributed by atoms with Crippen molar-refractivity contribution < 1.29 is 14.4 Å². The highest BCUT2D eigenvalue weighted by atomic mass is 35.5. The molecule has 0 aromatic heterocycles. The molecule has 0 bridgehead atoms. The van der Waals surface area contributed by atoms with E-state index in [-0.39, 0.29) is 23.7 Å². The fraction of sp³-hybridized carbons (Fsp3) is 0.115. The van der Waals surface area contributed by atoms with Crippen LogP contribution in [0.25, 0.3) is 5.57 Å². The Morgan fingerprint density at radius 2 is 1.64 bits per heavy atom. The predicted octanol–water partition coefficient (Wildman–Crippen LogP) is 5.00. The van der Waals surface area contributed by atoms with Crippen LogP contribution < -0.4 is 10.6 Å². The molecule has 166 valence electrons. The Labute approximate surface area is 196 Å². The molecule has 3 amide bonds. The number of aryl methyl sites for hydroxylation is 1. The zero-order valence-electron chi connectivity index (χ0n) is 18.2. The van der Waals surface area contributed by atoms with E-state index >= 15 is 0 Å². The highest BCUT2D eigenvalue weighted by molar-refractivity contribution is 6.36. The fourth-order valence-electron chi connectivity index (χ4n) is 3.66. The molecule has 0 unspecified atom stereocenters. The van der Waals surface area contributed by atoms with Gasteiger partial charge in [-0.15, -0.1) is 0 Å². The van der Waals surface area contributed by atoms with Crippen molar-refractivity contribution in [1.82, 2.24) is 4.90 Å². The first kappa shape index (κ1) is 22.3. The van der Waals surface area contributed by atoms with Crippen molar-refractivity contribution >= 4 is 46.3 Å². The van der Waals surface area contributed by atoms with Crippen molar-refractivity contribution in [1.29, 1.82) is 0 Å². The van der Waals surface area contributed by atoms with Crippen LogP contribution in [0.2, 0.25) is 5.02 Å². The molecule has 1 aliphatic rings. The predicted molar refractivity (Wildman–Crippen MR) is 129 cm³/mol. The molecule has 0 atom stereocenters. The number of imide groups is 1. The minimum atomic E-state index is -0.413. The molecule has 0 spiro atoms. The lowest BCUT2D eigenvalue weighted by Gasteiger charge is -2.16. The Bertz CT molecular complexity index is 1270. The van der Waals surface area contributed by atoms with Gasteiger partial charge in [-0.25, -0.2) is 0 Å². The molecule has 7 heteroatoms. The zero-order valence-corrected chi connectivity index (χ0v) is 18.9. The van der Waals surface area contributed by atoms with Crippen LogP contribution in [0.4, 0.5) is 11.4 Å². The van der Waals surface area contributed by atoms with Gasteiger partial charge in [0.05, 0.1) is 12.1 Å². The first-order valence-electron chi connectivity index (χ1n) is 10.4. The highest BCUT2D eigenvalue weighted by Crippen LogP contribution is 2.33. The SMILES string of the molecule is CC(=O)Nc1ccc(C2=C(Nc3cc(Cl)ccc3C)C(=O)N(Cc3ccccc3)C2=O)cc1. The summed E-state index contributed by atoms with van der Waals surface area (Å²) in [4.78, 5) is 39.4. The van der Waals surface area contributed by atoms with Crippen LogP contribution in [0.5, 0.6) is 0 Å². The normalized spacial score (nSPS) is 13.5. The number of hydrogen-bond acceptors (Lipinski definition) is 4. The Kier molecular flexibility index (Phi) is 6.29. The van der Waals surface area contributed by atoms with E-state index in [4.69, 9.17) is 11.6 Å². The molecular weight excluding hydrogens is 438 g/mol. The summed E-state index contributed by atoms with van der Waals surface area (Å²) in [5.41, 5.74) is 4.00. The van der Waals surface area contributed by atoms with Crippen molar-refractivity contribution in [2.75, 3.05) is 10.6 Å². The van der Waals surface area contributed by atoms with Crippen LogP contribution in [0, 0.1) is 6.92 Å². The molecule has 0 saturated carbocycles. The Hall–Kier alpha value is -3.90. The van der Waals surface area contributed by atoms with Crippen molar-refractivity contribution in [2.45, 2.75) is 20.4 Å². The van der Waals surface area contributed by atoms with Gasteiger partial charge in [-0.3, -0.25) is 19.3 Å². The van der Waals surface area contributed by atoms with Gasteiger partial charge in [-0.05, 0) is 47.9 Å². The van der Waals surface area contributed by atoms with Gasteiger partial charge in [0.2, 0.25) is 5.91 Å². The third-order valence-electron chi connectivity index (χ3n) is 5.30. The van der Waals surface area contributed by atoms with Crippen molar-refractivity contribution in [2.24, 2.45) is 0 Å². The van der Waals surface area contributed by atoms with Crippen LogP contribution in [0.1, 0.15) is 23.6 Å². The number of nitrogens with one attached hydrogen (secondary N) is 2. The molecule has 1 heterocycles. The van der Waals surface area contributed by atoms with Crippen LogP contribution in [-0.2, 0) is 20.9 Å². The molecule has 2 N–H and O–H groups in total. The summed E-state index contributed by atoms with van der Waals surface area (Å²) in [6.45, 7) is 3.47. The number of anilines is 2. The van der Waals surface area contributed by atoms with E-state index in [1.165, 1.54) is 11.8 Å². The monoisotopic (exact) mass is 459 g/mol. The number of hydrogen-bond donors (Lipinski definition) is 2. The van der Waals surface area contributed by atoms with Gasteiger partial charge in [-0.1, -0.05) is 60.1 Å². The Morgan fingerprint density at radius 3 is 2.30 bits per heavy atom. The summed E-state index contributed by atoms with van der Waals surface area (Å²) < 4.78 is 0. The maximum atomic E-state index is 13.4. The third-order valence-corrected chi connectivity index (χ3v) is 5.54. The third kappa shape index (κ3) is 4.81. The highest BCUT2D eigenvalue weighted by Gasteiger charge is 2.39. The smallest absolute Gasteiger partial charge is 0.278 e. The first-order chi connectivity index (χ1) is 15.8. The second-order valence-corrected chi connectivity index (χ2v) is 8.21. The van der Waals surface area contributed by atoms with E-state index in [2.05, 4.69) is 10.6 Å². The lowest BCUT2D eigenvalue weighted by atomic mass is 10.0. The summed E-state index contributed by atoms with van der Waals surface area (Å²) in [6, 6.07) is 21.5. The number of amides is 3. The van der Waals surface area contributed by atoms with Crippen molar-refractivity contribution in [3.05, 3.63) is 100 Å². The van der Waals surface area contributed by atoms with Gasteiger partial charge >= 0.3 is 0 Å². The number of nitrogens with zero attached hydrogens (tertiary/aromatic N) is 1. The molecule has 3 aromatic carbocycles. The molecule has 0 aliphatic carbocycles. The second kappa shape index (κ2) is 9.30. The number of carbonyl (C=O) groups is 3. The van der Waals surface area contributed by atoms with Crippen molar-refractivity contribution in [3.8, 4) is 0 Å². The largest absolute Gasteiger partial charge is 0.350 e. The lowest BCUT2D eigenvalue weighted by Crippen LogP contribution is -2.32. The van der Waals surface area contributed by atoms with E-state index in [0.29, 0.717) is 22.0 Å². The molecule has 4 rings (SSSR count). The van der Waals surface area contributed by atoms with E-state index in [0.717, 1.165) is 11.1 Å². The standard InChI is InChI=1S/C26H22ClN3O3/c1-16-8-11-20(27)14-22(16)29-24-23(19-9-12-21(13-10-19)28-17(2)31)25(32)30(26(24)33)15-18-6-4-3-5-7-18/h3-14,29H,15H2,1-2H3,(H,28,31). The van der Waals surface area contributed by atoms with Crippen LogP contribution in [-0.4, -0.2) is 22.6 Å². The molecule has 3 aromatic rings. The zero-order chi connectivity index (χ0) is 23.5. The van der Waals surface area contributed by atoms with E-state index in [1.54, 1.807) is 36.4 Å². The van der Waals surface area contributed by atoms with Crippen LogP contribution in [0.15, 0.2) is 78.5 Å². The van der Waals surface area contributed by atoms with E-state index in [9.17, 15) is 14.4 Å². The molecule has 1 aliphatic heterocycles. The molecular formula is C26H22ClN3O3. The molecule has 0 radical (unpaired) electrons. The number of carbonyl (C=O) groups excluding carboxylic acids is 3. The number of rotatable bonds is 6. The maximum absolute atomic E-state index is 13.4. The van der Waals surface area contributed by atoms with Crippen molar-refractivity contribution in [3.63, 3.8) is 0 Å². The summed E-state index contributed by atoms with van der Waals surface area (Å²) in [7, 11) is 0. The van der Waals surface area contributed by atoms with Gasteiger partial charge in [0.1, 0.15) is 5.70 Å². The summed E-state index contributed by atoms with van der Waals surface area (Å²) in [5, 5.41) is 6.37. The van der Waals surface area contributed by atoms with Gasteiger partial charge in [0, 0.05) is 23.3 Å². The van der Waals surface area contributed by atoms with E-state index in [1.807, 2.05) is 43.3 Å². The quantitative estimate of drug-likeness (QED) is 0.508. The molecule has 6 nitrogen and oxygen atoms in total. The Morgan fingerprint density at radius 1 is 0.939 bits per heavy atom. The molecule has 0 fully saturated rings. The average molecular weight is 460 g/mol. The Balaban J connectivity index is 1.75. The maximum Gasteiger partial charge on any atom is 0.278 e. The molecule has 33 heavy (non-hydrogen) atoms. The van der Waals surface area contributed by atoms with Gasteiger partial charge in [-0.2, -0.15) is 0 Å². The number of halogens is 1. The number of benzene rings is 3. The van der Waals surface area contributed by atoms with Gasteiger partial charge in [0.15, 0.2) is 0 Å².